The lowest BCUT2D eigenvalue weighted by Gasteiger charge is -1.85. The lowest BCUT2D eigenvalue weighted by molar-refractivity contribution is 1.07. The van der Waals surface area contributed by atoms with Crippen molar-refractivity contribution in [3.63, 3.8) is 0 Å². The fraction of sp³-hybridized carbons (Fsp3) is 0.167. The Labute approximate surface area is 84.3 Å². The lowest BCUT2D eigenvalue weighted by Crippen LogP contribution is -2.21. The first kappa shape index (κ1) is 9.94. The Kier molecular flexibility index (Phi) is 3.66. The van der Waals surface area contributed by atoms with Gasteiger partial charge in [0.05, 0.1) is 0 Å². The van der Waals surface area contributed by atoms with Crippen LogP contribution in [0.1, 0.15) is 5.82 Å². The van der Waals surface area contributed by atoms with E-state index in [1.165, 1.54) is 5.54 Å². The minimum absolute atomic E-state index is 0.0180. The summed E-state index contributed by atoms with van der Waals surface area (Å²) >= 11 is 6.49. The highest BCUT2D eigenvalue weighted by Crippen LogP contribution is 2.14. The van der Waals surface area contributed by atoms with Crippen molar-refractivity contribution >= 4 is 34.2 Å². The number of allylic oxidation sites excluding steroid dienone is 1. The Morgan fingerprint density at radius 2 is 2.38 bits per heavy atom. The number of aromatic nitrogens is 2. The molecule has 0 bridgehead atoms. The van der Waals surface area contributed by atoms with Gasteiger partial charge in [-0.25, -0.2) is 4.98 Å². The van der Waals surface area contributed by atoms with Gasteiger partial charge in [-0.1, -0.05) is 17.7 Å². The summed E-state index contributed by atoms with van der Waals surface area (Å²) < 4.78 is 4.01. The Hall–Kier alpha value is -1.14. The van der Waals surface area contributed by atoms with E-state index in [0.717, 1.165) is 11.5 Å². The summed E-state index contributed by atoms with van der Waals surface area (Å²) in [6, 6.07) is 0. The molecule has 1 aromatic heterocycles. The quantitative estimate of drug-likeness (QED) is 0.577. The number of rotatable bonds is 3. The Balaban J connectivity index is 2.69. The fourth-order valence-electron chi connectivity index (χ4n) is 0.633. The van der Waals surface area contributed by atoms with E-state index in [1.54, 1.807) is 6.08 Å². The molecule has 1 aromatic rings. The molecule has 0 saturated carbocycles. The number of hydrogen-bond donors (Lipinski definition) is 2. The first-order valence-corrected chi connectivity index (χ1v) is 4.61. The van der Waals surface area contributed by atoms with Crippen molar-refractivity contribution in [2.45, 2.75) is 6.42 Å². The number of guanidine groups is 1. The van der Waals surface area contributed by atoms with Gasteiger partial charge in [-0.15, -0.1) is 0 Å². The van der Waals surface area contributed by atoms with E-state index >= 15 is 0 Å². The number of aliphatic imine (C=N–C) groups is 1. The summed E-state index contributed by atoms with van der Waals surface area (Å²) in [5.41, 5.74) is 11.7. The third kappa shape index (κ3) is 3.39. The normalized spacial score (nSPS) is 10.5. The van der Waals surface area contributed by atoms with Crippen LogP contribution < -0.4 is 11.5 Å². The third-order valence-electron chi connectivity index (χ3n) is 1.07. The zero-order chi connectivity index (χ0) is 9.68. The molecule has 0 atom stereocenters. The average Bonchev–Trinajstić information content (AvgIpc) is 2.48. The van der Waals surface area contributed by atoms with Crippen LogP contribution >= 0.6 is 23.1 Å². The molecule has 70 valence electrons. The standard InChI is InChI=1S/C6H8ClN5S/c7-3-1-2-4-10-6(13-12-4)11-5(8)9/h1,3H,2H2,(H4,8,9,10,11,12). The number of hydrogen-bond acceptors (Lipinski definition) is 4. The van der Waals surface area contributed by atoms with E-state index in [-0.39, 0.29) is 5.96 Å². The Morgan fingerprint density at radius 1 is 1.62 bits per heavy atom. The van der Waals surface area contributed by atoms with Crippen LogP contribution in [-0.2, 0) is 6.42 Å². The summed E-state index contributed by atoms with van der Waals surface area (Å²) in [7, 11) is 0. The van der Waals surface area contributed by atoms with Crippen molar-refractivity contribution in [1.82, 2.24) is 9.36 Å². The molecule has 13 heavy (non-hydrogen) atoms. The first-order chi connectivity index (χ1) is 6.22. The zero-order valence-corrected chi connectivity index (χ0v) is 8.22. The van der Waals surface area contributed by atoms with Crippen molar-refractivity contribution < 1.29 is 0 Å². The molecule has 7 heteroatoms. The van der Waals surface area contributed by atoms with E-state index in [9.17, 15) is 0 Å². The molecule has 4 N–H and O–H groups in total. The predicted molar refractivity (Wildman–Crippen MR) is 54.1 cm³/mol. The molecule has 0 aliphatic carbocycles. The zero-order valence-electron chi connectivity index (χ0n) is 6.64. The minimum atomic E-state index is -0.0180. The van der Waals surface area contributed by atoms with E-state index in [2.05, 4.69) is 14.3 Å². The fourth-order valence-corrected chi connectivity index (χ4v) is 1.32. The molecule has 0 spiro atoms. The molecule has 0 saturated heterocycles. The second-order valence-electron chi connectivity index (χ2n) is 2.10. The highest BCUT2D eigenvalue weighted by Gasteiger charge is 2.00. The molecule has 0 unspecified atom stereocenters. The molecule has 0 aliphatic rings. The van der Waals surface area contributed by atoms with E-state index in [0.29, 0.717) is 17.4 Å². The molecular formula is C6H8ClN5S. The van der Waals surface area contributed by atoms with Crippen LogP contribution in [-0.4, -0.2) is 15.3 Å². The molecule has 0 aliphatic heterocycles. The van der Waals surface area contributed by atoms with Crippen molar-refractivity contribution in [3.8, 4) is 0 Å². The maximum atomic E-state index is 5.34. The van der Waals surface area contributed by atoms with Gasteiger partial charge < -0.3 is 11.5 Å². The summed E-state index contributed by atoms with van der Waals surface area (Å²) in [6.45, 7) is 0. The minimum Gasteiger partial charge on any atom is -0.370 e. The van der Waals surface area contributed by atoms with Crippen LogP contribution in [0.15, 0.2) is 16.6 Å². The summed E-state index contributed by atoms with van der Waals surface area (Å²) in [4.78, 5) is 7.79. The van der Waals surface area contributed by atoms with E-state index in [4.69, 9.17) is 23.1 Å². The SMILES string of the molecule is NC(N)=Nc1nc(CC=CCl)ns1. The molecule has 1 heterocycles. The predicted octanol–water partition coefficient (Wildman–Crippen LogP) is 0.738. The monoisotopic (exact) mass is 217 g/mol. The summed E-state index contributed by atoms with van der Waals surface area (Å²) in [5, 5.41) is 0.456. The van der Waals surface area contributed by atoms with Gasteiger partial charge >= 0.3 is 0 Å². The molecule has 0 fully saturated rings. The number of nitrogens with zero attached hydrogens (tertiary/aromatic N) is 3. The number of nitrogens with two attached hydrogens (primary N) is 2. The second kappa shape index (κ2) is 4.78. The van der Waals surface area contributed by atoms with Gasteiger partial charge in [0, 0.05) is 23.5 Å². The maximum absolute atomic E-state index is 5.34. The maximum Gasteiger partial charge on any atom is 0.232 e. The van der Waals surface area contributed by atoms with Crippen LogP contribution in [0.4, 0.5) is 5.13 Å². The van der Waals surface area contributed by atoms with E-state index in [1.807, 2.05) is 0 Å². The summed E-state index contributed by atoms with van der Waals surface area (Å²) in [5.74, 6) is 0.637. The molecule has 0 radical (unpaired) electrons. The van der Waals surface area contributed by atoms with Crippen molar-refractivity contribution in [3.05, 3.63) is 17.4 Å². The molecule has 0 aromatic carbocycles. The van der Waals surface area contributed by atoms with E-state index < -0.39 is 0 Å². The van der Waals surface area contributed by atoms with Crippen LogP contribution in [0.2, 0.25) is 0 Å². The largest absolute Gasteiger partial charge is 0.370 e. The first-order valence-electron chi connectivity index (χ1n) is 3.40. The molecule has 0 amide bonds. The van der Waals surface area contributed by atoms with Crippen molar-refractivity contribution in [2.24, 2.45) is 16.5 Å². The highest BCUT2D eigenvalue weighted by molar-refractivity contribution is 7.09. The highest BCUT2D eigenvalue weighted by atomic mass is 35.5. The molecular weight excluding hydrogens is 210 g/mol. The van der Waals surface area contributed by atoms with Crippen molar-refractivity contribution in [2.75, 3.05) is 0 Å². The number of halogens is 1. The van der Waals surface area contributed by atoms with Crippen LogP contribution in [0, 0.1) is 0 Å². The molecule has 1 rings (SSSR count). The van der Waals surface area contributed by atoms with Crippen LogP contribution in [0.5, 0.6) is 0 Å². The van der Waals surface area contributed by atoms with Gasteiger partial charge in [-0.2, -0.15) is 9.37 Å². The topological polar surface area (TPSA) is 90.2 Å². The Morgan fingerprint density at radius 3 is 3.00 bits per heavy atom. The summed E-state index contributed by atoms with van der Waals surface area (Å²) in [6.07, 6.45) is 2.32. The lowest BCUT2D eigenvalue weighted by atomic mass is 10.4. The van der Waals surface area contributed by atoms with Crippen LogP contribution in [0.3, 0.4) is 0 Å². The van der Waals surface area contributed by atoms with Gasteiger partial charge in [0.25, 0.3) is 0 Å². The van der Waals surface area contributed by atoms with Crippen LogP contribution in [0.25, 0.3) is 0 Å². The second-order valence-corrected chi connectivity index (χ2v) is 3.08. The third-order valence-corrected chi connectivity index (χ3v) is 1.90. The van der Waals surface area contributed by atoms with Gasteiger partial charge in [0.1, 0.15) is 5.82 Å². The van der Waals surface area contributed by atoms with Gasteiger partial charge in [0.15, 0.2) is 5.96 Å². The molecule has 5 nitrogen and oxygen atoms in total. The van der Waals surface area contributed by atoms with Gasteiger partial charge in [0.2, 0.25) is 5.13 Å². The van der Waals surface area contributed by atoms with Gasteiger partial charge in [-0.3, -0.25) is 0 Å². The van der Waals surface area contributed by atoms with Gasteiger partial charge in [-0.05, 0) is 0 Å². The average molecular weight is 218 g/mol. The van der Waals surface area contributed by atoms with Crippen molar-refractivity contribution in [1.29, 1.82) is 0 Å². The smallest absolute Gasteiger partial charge is 0.232 e. The Bertz CT molecular complexity index is 328.